The van der Waals surface area contributed by atoms with Crippen LogP contribution in [0.2, 0.25) is 0 Å². The molecular formula is C22H25N3O3S. The summed E-state index contributed by atoms with van der Waals surface area (Å²) >= 11 is 0. The fraction of sp³-hybridized carbons (Fsp3) is 0.318. The highest BCUT2D eigenvalue weighted by Gasteiger charge is 2.21. The van der Waals surface area contributed by atoms with E-state index in [1.165, 1.54) is 10.6 Å². The Kier molecular flexibility index (Phi) is 5.19. The molecule has 1 aromatic carbocycles. The van der Waals surface area contributed by atoms with E-state index in [0.717, 1.165) is 39.2 Å². The highest BCUT2D eigenvalue weighted by Crippen LogP contribution is 2.33. The number of rotatable bonds is 5. The quantitative estimate of drug-likeness (QED) is 0.687. The zero-order chi connectivity index (χ0) is 20.6. The van der Waals surface area contributed by atoms with Crippen LogP contribution < -0.4 is 4.74 Å². The summed E-state index contributed by atoms with van der Waals surface area (Å²) in [5.74, 6) is 0.842. The molecule has 0 aliphatic carbocycles. The largest absolute Gasteiger partial charge is 0.491 e. The minimum absolute atomic E-state index is 0.117. The predicted octanol–water partition coefficient (Wildman–Crippen LogP) is 4.07. The summed E-state index contributed by atoms with van der Waals surface area (Å²) < 4.78 is 30.8. The van der Waals surface area contributed by atoms with Gasteiger partial charge in [-0.1, -0.05) is 18.2 Å². The van der Waals surface area contributed by atoms with E-state index in [1.54, 1.807) is 6.20 Å². The average Bonchev–Trinajstić information content (AvgIpc) is 3.11. The number of ether oxygens (including phenoxy) is 1. The lowest BCUT2D eigenvalue weighted by Gasteiger charge is -2.23. The van der Waals surface area contributed by atoms with E-state index in [2.05, 4.69) is 22.1 Å². The molecule has 0 unspecified atom stereocenters. The fourth-order valence-electron chi connectivity index (χ4n) is 3.66. The third-order valence-electron chi connectivity index (χ3n) is 5.04. The van der Waals surface area contributed by atoms with Crippen molar-refractivity contribution in [2.45, 2.75) is 26.4 Å². The molecule has 0 saturated heterocycles. The number of aromatic nitrogens is 2. The number of hydrogen-bond acceptors (Lipinski definition) is 4. The van der Waals surface area contributed by atoms with Crippen molar-refractivity contribution in [3.05, 3.63) is 54.4 Å². The average molecular weight is 412 g/mol. The van der Waals surface area contributed by atoms with Crippen LogP contribution in [-0.2, 0) is 10.0 Å². The molecule has 0 amide bonds. The van der Waals surface area contributed by atoms with Gasteiger partial charge in [-0.2, -0.15) is 4.31 Å². The molecule has 0 fully saturated rings. The first-order chi connectivity index (χ1) is 13.8. The molecular weight excluding hydrogens is 386 g/mol. The van der Waals surface area contributed by atoms with Crippen molar-refractivity contribution >= 4 is 26.6 Å². The standard InChI is InChI=1S/C22H25N3O3S/c1-15(2)28-18-6-4-5-17(13-18)19-7-10-23-22-20(19)14-21(24-22)16-8-11-25(12-9-16)29(3,26)27/h4-8,10,13-15H,9,11-12H2,1-3H3,(H,23,24). The number of nitrogens with one attached hydrogen (secondary N) is 1. The molecule has 3 heterocycles. The van der Waals surface area contributed by atoms with Gasteiger partial charge in [0.25, 0.3) is 0 Å². The summed E-state index contributed by atoms with van der Waals surface area (Å²) in [4.78, 5) is 7.88. The Morgan fingerprint density at radius 2 is 2.03 bits per heavy atom. The monoisotopic (exact) mass is 411 g/mol. The first kappa shape index (κ1) is 19.7. The Labute approximate surface area is 171 Å². The van der Waals surface area contributed by atoms with Crippen LogP contribution in [-0.4, -0.2) is 48.1 Å². The molecule has 0 radical (unpaired) electrons. The smallest absolute Gasteiger partial charge is 0.211 e. The van der Waals surface area contributed by atoms with Gasteiger partial charge < -0.3 is 9.72 Å². The molecule has 4 rings (SSSR count). The summed E-state index contributed by atoms with van der Waals surface area (Å²) in [6.45, 7) is 4.92. The number of H-pyrrole nitrogens is 1. The van der Waals surface area contributed by atoms with Crippen LogP contribution in [0.1, 0.15) is 26.0 Å². The van der Waals surface area contributed by atoms with E-state index in [0.29, 0.717) is 19.5 Å². The Bertz CT molecular complexity index is 1180. The lowest BCUT2D eigenvalue weighted by atomic mass is 10.0. The van der Waals surface area contributed by atoms with Gasteiger partial charge in [-0.15, -0.1) is 0 Å². The maximum absolute atomic E-state index is 11.7. The van der Waals surface area contributed by atoms with Crippen LogP contribution in [0.5, 0.6) is 5.75 Å². The Balaban J connectivity index is 1.69. The van der Waals surface area contributed by atoms with Gasteiger partial charge in [-0.3, -0.25) is 0 Å². The van der Waals surface area contributed by atoms with E-state index in [-0.39, 0.29) is 6.10 Å². The van der Waals surface area contributed by atoms with Gasteiger partial charge in [0, 0.05) is 30.4 Å². The second kappa shape index (κ2) is 7.65. The van der Waals surface area contributed by atoms with Crippen LogP contribution >= 0.6 is 0 Å². The van der Waals surface area contributed by atoms with Gasteiger partial charge in [0.1, 0.15) is 11.4 Å². The van der Waals surface area contributed by atoms with Gasteiger partial charge in [0.2, 0.25) is 10.0 Å². The molecule has 7 heteroatoms. The molecule has 2 aromatic heterocycles. The van der Waals surface area contributed by atoms with Crippen molar-refractivity contribution in [1.82, 2.24) is 14.3 Å². The molecule has 1 aliphatic heterocycles. The van der Waals surface area contributed by atoms with Crippen LogP contribution in [0.25, 0.3) is 27.7 Å². The number of hydrogen-bond donors (Lipinski definition) is 1. The third-order valence-corrected chi connectivity index (χ3v) is 6.31. The van der Waals surface area contributed by atoms with Gasteiger partial charge in [0.05, 0.1) is 12.4 Å². The predicted molar refractivity (Wildman–Crippen MR) is 116 cm³/mol. The zero-order valence-electron chi connectivity index (χ0n) is 16.8. The van der Waals surface area contributed by atoms with E-state index in [1.807, 2.05) is 44.2 Å². The third kappa shape index (κ3) is 4.21. The minimum atomic E-state index is -3.16. The van der Waals surface area contributed by atoms with Crippen molar-refractivity contribution in [3.8, 4) is 16.9 Å². The summed E-state index contributed by atoms with van der Waals surface area (Å²) in [5.41, 5.74) is 5.08. The van der Waals surface area contributed by atoms with Gasteiger partial charge in [0.15, 0.2) is 0 Å². The highest BCUT2D eigenvalue weighted by atomic mass is 32.2. The summed E-state index contributed by atoms with van der Waals surface area (Å²) in [5, 5.41) is 1.04. The SMILES string of the molecule is CC(C)Oc1cccc(-c2ccnc3[nH]c(C4=CCN(S(C)(=O)=O)CC4)cc23)c1. The molecule has 1 aliphatic rings. The van der Waals surface area contributed by atoms with Crippen molar-refractivity contribution < 1.29 is 13.2 Å². The van der Waals surface area contributed by atoms with E-state index < -0.39 is 10.0 Å². The maximum atomic E-state index is 11.7. The second-order valence-electron chi connectivity index (χ2n) is 7.60. The number of nitrogens with zero attached hydrogens (tertiary/aromatic N) is 2. The molecule has 29 heavy (non-hydrogen) atoms. The number of benzene rings is 1. The zero-order valence-corrected chi connectivity index (χ0v) is 17.7. The van der Waals surface area contributed by atoms with E-state index >= 15 is 0 Å². The van der Waals surface area contributed by atoms with E-state index in [9.17, 15) is 8.42 Å². The second-order valence-corrected chi connectivity index (χ2v) is 9.58. The Morgan fingerprint density at radius 1 is 1.21 bits per heavy atom. The molecule has 0 saturated carbocycles. The minimum Gasteiger partial charge on any atom is -0.491 e. The van der Waals surface area contributed by atoms with Gasteiger partial charge >= 0.3 is 0 Å². The fourth-order valence-corrected chi connectivity index (χ4v) is 4.43. The molecule has 3 aromatic rings. The van der Waals surface area contributed by atoms with Crippen LogP contribution in [0, 0.1) is 0 Å². The van der Waals surface area contributed by atoms with Crippen LogP contribution in [0.4, 0.5) is 0 Å². The van der Waals surface area contributed by atoms with Crippen molar-refractivity contribution in [2.75, 3.05) is 19.3 Å². The number of aromatic amines is 1. The lowest BCUT2D eigenvalue weighted by Crippen LogP contribution is -2.33. The van der Waals surface area contributed by atoms with Crippen LogP contribution in [0.15, 0.2) is 48.7 Å². The summed E-state index contributed by atoms with van der Waals surface area (Å²) in [7, 11) is -3.16. The molecule has 0 spiro atoms. The topological polar surface area (TPSA) is 75.3 Å². The molecule has 0 bridgehead atoms. The molecule has 6 nitrogen and oxygen atoms in total. The Morgan fingerprint density at radius 3 is 2.72 bits per heavy atom. The highest BCUT2D eigenvalue weighted by molar-refractivity contribution is 7.88. The maximum Gasteiger partial charge on any atom is 0.211 e. The lowest BCUT2D eigenvalue weighted by molar-refractivity contribution is 0.242. The first-order valence-corrected chi connectivity index (χ1v) is 11.6. The van der Waals surface area contributed by atoms with Crippen LogP contribution in [0.3, 0.4) is 0 Å². The molecule has 1 N–H and O–H groups in total. The Hall–Kier alpha value is -2.64. The van der Waals surface area contributed by atoms with Crippen molar-refractivity contribution in [2.24, 2.45) is 0 Å². The number of sulfonamides is 1. The number of pyridine rings is 1. The molecule has 152 valence electrons. The summed E-state index contributed by atoms with van der Waals surface area (Å²) in [6.07, 6.45) is 5.82. The first-order valence-electron chi connectivity index (χ1n) is 9.70. The summed E-state index contributed by atoms with van der Waals surface area (Å²) in [6, 6.07) is 12.2. The van der Waals surface area contributed by atoms with E-state index in [4.69, 9.17) is 4.74 Å². The molecule has 0 atom stereocenters. The van der Waals surface area contributed by atoms with Gasteiger partial charge in [-0.05, 0) is 61.2 Å². The van der Waals surface area contributed by atoms with Gasteiger partial charge in [-0.25, -0.2) is 13.4 Å². The van der Waals surface area contributed by atoms with Crippen molar-refractivity contribution in [3.63, 3.8) is 0 Å². The normalized spacial score (nSPS) is 15.7. The van der Waals surface area contributed by atoms with Crippen molar-refractivity contribution in [1.29, 1.82) is 0 Å². The number of fused-ring (bicyclic) bond motifs is 1.